The Bertz CT molecular complexity index is 1260. The molecule has 0 bridgehead atoms. The maximum atomic E-state index is 13.7. The molecule has 1 amide bonds. The van der Waals surface area contributed by atoms with Crippen molar-refractivity contribution in [2.45, 2.75) is 56.1 Å². The standard InChI is InChI=1S/C28H37N3O8S/c1-19(2)16-31(40(35,36)22-10-6-9-21(13-22)15-29-34)17-25(32)24(14-20-7-4-3-5-8-20)30-28(33)39-26-18-38-27-23(26)11-12-37-27/h3-10,13,15,19,23-27,32,34H,11-12,14,16-18H2,1-2H3,(H,30,33)/b29-15+/t23?,24-,25+,26?,27+/m0/s1. The third-order valence-electron chi connectivity index (χ3n) is 6.97. The monoisotopic (exact) mass is 575 g/mol. The van der Waals surface area contributed by atoms with E-state index in [9.17, 15) is 18.3 Å². The van der Waals surface area contributed by atoms with Crippen molar-refractivity contribution in [2.24, 2.45) is 17.0 Å². The lowest BCUT2D eigenvalue weighted by Gasteiger charge is -2.31. The molecule has 11 nitrogen and oxygen atoms in total. The largest absolute Gasteiger partial charge is 0.443 e. The maximum absolute atomic E-state index is 13.7. The number of nitrogens with one attached hydrogen (secondary N) is 1. The molecule has 2 aliphatic heterocycles. The number of hydrogen-bond donors (Lipinski definition) is 3. The summed E-state index contributed by atoms with van der Waals surface area (Å²) in [6.07, 6.45) is -0.685. The summed E-state index contributed by atoms with van der Waals surface area (Å²) in [5.41, 5.74) is 1.26. The number of hydrogen-bond acceptors (Lipinski definition) is 9. The van der Waals surface area contributed by atoms with Gasteiger partial charge in [0.2, 0.25) is 10.0 Å². The fourth-order valence-electron chi connectivity index (χ4n) is 5.01. The molecular weight excluding hydrogens is 538 g/mol. The molecule has 2 aromatic rings. The fraction of sp³-hybridized carbons (Fsp3) is 0.500. The van der Waals surface area contributed by atoms with Gasteiger partial charge in [0.25, 0.3) is 0 Å². The lowest BCUT2D eigenvalue weighted by molar-refractivity contribution is -0.0907. The number of carbonyl (C=O) groups excluding carboxylic acids is 1. The van der Waals surface area contributed by atoms with Gasteiger partial charge in [-0.25, -0.2) is 13.2 Å². The van der Waals surface area contributed by atoms with E-state index in [-0.39, 0.29) is 49.1 Å². The molecule has 12 heteroatoms. The first-order valence-electron chi connectivity index (χ1n) is 13.4. The minimum Gasteiger partial charge on any atom is -0.443 e. The van der Waals surface area contributed by atoms with Crippen molar-refractivity contribution in [3.05, 3.63) is 65.7 Å². The van der Waals surface area contributed by atoms with Crippen LogP contribution in [0.25, 0.3) is 0 Å². The molecule has 5 atom stereocenters. The zero-order valence-corrected chi connectivity index (χ0v) is 23.4. The molecule has 0 spiro atoms. The molecule has 2 fully saturated rings. The van der Waals surface area contributed by atoms with Gasteiger partial charge in [-0.3, -0.25) is 0 Å². The first-order valence-corrected chi connectivity index (χ1v) is 14.8. The summed E-state index contributed by atoms with van der Waals surface area (Å²) in [5.74, 6) is -0.0832. The van der Waals surface area contributed by atoms with Gasteiger partial charge >= 0.3 is 6.09 Å². The van der Waals surface area contributed by atoms with Crippen LogP contribution in [0, 0.1) is 11.8 Å². The van der Waals surface area contributed by atoms with E-state index in [0.717, 1.165) is 18.2 Å². The first kappa shape index (κ1) is 29.9. The van der Waals surface area contributed by atoms with Crippen LogP contribution in [0.1, 0.15) is 31.4 Å². The summed E-state index contributed by atoms with van der Waals surface area (Å²) in [4.78, 5) is 13.0. The zero-order valence-electron chi connectivity index (χ0n) is 22.6. The van der Waals surface area contributed by atoms with Crippen LogP contribution in [0.4, 0.5) is 4.79 Å². The Morgan fingerprint density at radius 2 is 1.95 bits per heavy atom. The minimum atomic E-state index is -4.04. The van der Waals surface area contributed by atoms with Crippen molar-refractivity contribution in [3.8, 4) is 0 Å². The number of carbonyl (C=O) groups is 1. The number of sulfonamides is 1. The maximum Gasteiger partial charge on any atom is 0.407 e. The average molecular weight is 576 g/mol. The van der Waals surface area contributed by atoms with Gasteiger partial charge < -0.3 is 29.8 Å². The molecule has 2 saturated heterocycles. The molecule has 3 N–H and O–H groups in total. The van der Waals surface area contributed by atoms with Crippen molar-refractivity contribution in [1.82, 2.24) is 9.62 Å². The van der Waals surface area contributed by atoms with Crippen molar-refractivity contribution in [1.29, 1.82) is 0 Å². The third kappa shape index (κ3) is 7.58. The summed E-state index contributed by atoms with van der Waals surface area (Å²) in [5, 5.41) is 26.0. The Hall–Kier alpha value is -3.03. The van der Waals surface area contributed by atoms with Crippen molar-refractivity contribution in [3.63, 3.8) is 0 Å². The Morgan fingerprint density at radius 1 is 1.18 bits per heavy atom. The number of ether oxygens (including phenoxy) is 3. The second kappa shape index (κ2) is 13.6. The summed E-state index contributed by atoms with van der Waals surface area (Å²) >= 11 is 0. The summed E-state index contributed by atoms with van der Waals surface area (Å²) in [6, 6.07) is 14.5. The highest BCUT2D eigenvalue weighted by atomic mass is 32.2. The van der Waals surface area contributed by atoms with E-state index in [4.69, 9.17) is 19.4 Å². The zero-order chi connectivity index (χ0) is 28.7. The van der Waals surface area contributed by atoms with Gasteiger partial charge in [-0.05, 0) is 42.0 Å². The third-order valence-corrected chi connectivity index (χ3v) is 8.80. The summed E-state index contributed by atoms with van der Waals surface area (Å²) < 4.78 is 45.3. The number of oxime groups is 1. The predicted molar refractivity (Wildman–Crippen MR) is 147 cm³/mol. The number of rotatable bonds is 12. The van der Waals surface area contributed by atoms with Crippen molar-refractivity contribution in [2.75, 3.05) is 26.3 Å². The highest BCUT2D eigenvalue weighted by Gasteiger charge is 2.44. The number of alkyl carbamates (subject to hydrolysis) is 1. The van der Waals surface area contributed by atoms with Crippen molar-refractivity contribution >= 4 is 22.3 Å². The highest BCUT2D eigenvalue weighted by Crippen LogP contribution is 2.33. The molecule has 4 rings (SSSR count). The van der Waals surface area contributed by atoms with E-state index < -0.39 is 34.4 Å². The van der Waals surface area contributed by atoms with E-state index in [1.807, 2.05) is 44.2 Å². The molecule has 218 valence electrons. The fourth-order valence-corrected chi connectivity index (χ4v) is 6.68. The van der Waals surface area contributed by atoms with Crippen LogP contribution in [0.15, 0.2) is 64.6 Å². The second-order valence-corrected chi connectivity index (χ2v) is 12.4. The lowest BCUT2D eigenvalue weighted by atomic mass is 10.0. The first-order chi connectivity index (χ1) is 19.2. The van der Waals surface area contributed by atoms with Gasteiger partial charge in [-0.15, -0.1) is 0 Å². The topological polar surface area (TPSA) is 147 Å². The molecule has 0 radical (unpaired) electrons. The number of aliphatic hydroxyl groups excluding tert-OH is 1. The molecule has 2 heterocycles. The number of fused-ring (bicyclic) bond motifs is 1. The van der Waals surface area contributed by atoms with Gasteiger partial charge in [0.1, 0.15) is 6.10 Å². The van der Waals surface area contributed by atoms with E-state index in [0.29, 0.717) is 12.2 Å². The lowest BCUT2D eigenvalue weighted by Crippen LogP contribution is -2.51. The molecule has 40 heavy (non-hydrogen) atoms. The van der Waals surface area contributed by atoms with Gasteiger partial charge in [0.15, 0.2) is 6.29 Å². The molecule has 2 unspecified atom stereocenters. The van der Waals surface area contributed by atoms with Crippen LogP contribution in [-0.4, -0.2) is 86.2 Å². The van der Waals surface area contributed by atoms with Crippen LogP contribution in [0.5, 0.6) is 0 Å². The van der Waals surface area contributed by atoms with Crippen LogP contribution in [0.2, 0.25) is 0 Å². The number of nitrogens with zero attached hydrogens (tertiary/aromatic N) is 2. The van der Waals surface area contributed by atoms with Crippen molar-refractivity contribution < 1.29 is 37.7 Å². The van der Waals surface area contributed by atoms with Crippen LogP contribution >= 0.6 is 0 Å². The molecule has 0 aromatic heterocycles. The highest BCUT2D eigenvalue weighted by molar-refractivity contribution is 7.89. The van der Waals surface area contributed by atoms with Crippen LogP contribution in [-0.2, 0) is 30.7 Å². The summed E-state index contributed by atoms with van der Waals surface area (Å²) in [6.45, 7) is 4.41. The van der Waals surface area contributed by atoms with E-state index >= 15 is 0 Å². The van der Waals surface area contributed by atoms with Crippen LogP contribution < -0.4 is 5.32 Å². The molecule has 0 saturated carbocycles. The minimum absolute atomic E-state index is 0.000650. The number of aliphatic hydroxyl groups is 1. The predicted octanol–water partition coefficient (Wildman–Crippen LogP) is 2.60. The summed E-state index contributed by atoms with van der Waals surface area (Å²) in [7, 11) is -4.04. The van der Waals surface area contributed by atoms with Gasteiger partial charge in [0.05, 0.1) is 42.4 Å². The number of benzene rings is 2. The number of amides is 1. The van der Waals surface area contributed by atoms with Gasteiger partial charge in [-0.2, -0.15) is 4.31 Å². The Balaban J connectivity index is 1.53. The molecule has 2 aromatic carbocycles. The normalized spacial score (nSPS) is 22.5. The average Bonchev–Trinajstić information content (AvgIpc) is 3.54. The Kier molecular flexibility index (Phi) is 10.1. The molecule has 2 aliphatic rings. The molecule has 0 aliphatic carbocycles. The smallest absolute Gasteiger partial charge is 0.407 e. The second-order valence-electron chi connectivity index (χ2n) is 10.5. The van der Waals surface area contributed by atoms with E-state index in [1.165, 1.54) is 16.4 Å². The van der Waals surface area contributed by atoms with E-state index in [1.54, 1.807) is 12.1 Å². The van der Waals surface area contributed by atoms with E-state index in [2.05, 4.69) is 10.5 Å². The Morgan fingerprint density at radius 3 is 2.67 bits per heavy atom. The van der Waals surface area contributed by atoms with Gasteiger partial charge in [-0.1, -0.05) is 61.5 Å². The Labute approximate surface area is 234 Å². The van der Waals surface area contributed by atoms with Crippen LogP contribution in [0.3, 0.4) is 0 Å². The van der Waals surface area contributed by atoms with Gasteiger partial charge in [0, 0.05) is 13.1 Å². The quantitative estimate of drug-likeness (QED) is 0.199. The SMILES string of the molecule is CC(C)CN(C[C@@H](O)[C@H](Cc1ccccc1)NC(=O)OC1CO[C@H]2OCCC12)S(=O)(=O)c1cccc(/C=N/O)c1. The molecular formula is C28H37N3O8S.